The number of carbonyl (C=O) groups is 4. The molecule has 1 aromatic rings. The maximum absolute atomic E-state index is 13.1. The fourth-order valence-electron chi connectivity index (χ4n) is 3.60. The third kappa shape index (κ3) is 13.4. The van der Waals surface area contributed by atoms with Crippen molar-refractivity contribution >= 4 is 24.1 Å². The molecule has 10 heteroatoms. The summed E-state index contributed by atoms with van der Waals surface area (Å²) in [6.45, 7) is 18.3. The van der Waals surface area contributed by atoms with Gasteiger partial charge in [0, 0.05) is 38.8 Å². The molecule has 2 rings (SSSR count). The third-order valence-electron chi connectivity index (χ3n) is 6.63. The van der Waals surface area contributed by atoms with Crippen LogP contribution in [0.3, 0.4) is 0 Å². The maximum atomic E-state index is 13.1. The number of para-hydroxylation sites is 1. The van der Waals surface area contributed by atoms with E-state index >= 15 is 0 Å². The van der Waals surface area contributed by atoms with E-state index in [1.165, 1.54) is 0 Å². The minimum atomic E-state index is -0.700. The number of aliphatic hydroxyl groups is 1. The monoisotopic (exact) mass is 578 g/mol. The molecule has 1 heterocycles. The maximum Gasteiger partial charge on any atom is 0.260 e. The lowest BCUT2D eigenvalue weighted by molar-refractivity contribution is -0.136. The molecule has 2 atom stereocenters. The molecule has 4 amide bonds. The van der Waals surface area contributed by atoms with E-state index in [0.717, 1.165) is 6.41 Å². The Morgan fingerprint density at radius 1 is 1.12 bits per heavy atom. The van der Waals surface area contributed by atoms with Gasteiger partial charge in [-0.3, -0.25) is 19.2 Å². The molecular weight excluding hydrogens is 524 g/mol. The van der Waals surface area contributed by atoms with Gasteiger partial charge in [-0.2, -0.15) is 0 Å². The molecule has 1 saturated heterocycles. The highest BCUT2D eigenvalue weighted by Gasteiger charge is 2.32. The van der Waals surface area contributed by atoms with Crippen LogP contribution in [-0.2, 0) is 14.4 Å². The van der Waals surface area contributed by atoms with Crippen molar-refractivity contribution in [3.8, 4) is 5.75 Å². The molecule has 0 radical (unpaired) electrons. The smallest absolute Gasteiger partial charge is 0.260 e. The number of rotatable bonds is 10. The number of amides is 4. The lowest BCUT2D eigenvalue weighted by atomic mass is 10.0. The van der Waals surface area contributed by atoms with Gasteiger partial charge in [0.25, 0.3) is 11.8 Å². The summed E-state index contributed by atoms with van der Waals surface area (Å²) < 4.78 is 5.69. The lowest BCUT2D eigenvalue weighted by Gasteiger charge is -2.32. The molecule has 1 aromatic carbocycles. The minimum absolute atomic E-state index is 0.189. The number of β-amino-alcohol motifs (C(OH)–C–C–N with tert-alkyl or cyclic N) is 1. The zero-order valence-electron chi connectivity index (χ0n) is 27.1. The first-order chi connectivity index (χ1) is 19.1. The number of benzene rings is 1. The molecule has 0 spiro atoms. The molecule has 0 aliphatic carbocycles. The van der Waals surface area contributed by atoms with E-state index in [1.807, 2.05) is 62.3 Å². The van der Waals surface area contributed by atoms with E-state index in [9.17, 15) is 24.3 Å². The minimum Gasteiger partial charge on any atom is -0.483 e. The third-order valence-corrected chi connectivity index (χ3v) is 6.63. The average Bonchev–Trinajstić information content (AvgIpc) is 3.36. The number of nitrogens with zero attached hydrogens (tertiary/aromatic N) is 3. The van der Waals surface area contributed by atoms with Gasteiger partial charge in [-0.05, 0) is 65.5 Å². The Hall–Kier alpha value is -3.14. The first-order valence-electron chi connectivity index (χ1n) is 14.5. The Morgan fingerprint density at radius 3 is 2.15 bits per heavy atom. The molecule has 1 aliphatic heterocycles. The summed E-state index contributed by atoms with van der Waals surface area (Å²) in [6, 6.07) is 6.31. The van der Waals surface area contributed by atoms with E-state index in [4.69, 9.17) is 4.74 Å². The van der Waals surface area contributed by atoms with Crippen LogP contribution in [0.1, 0.15) is 85.5 Å². The molecule has 2 N–H and O–H groups in total. The number of aliphatic hydroxyl groups excluding tert-OH is 1. The number of hydrogen-bond donors (Lipinski definition) is 2. The Labute approximate surface area is 247 Å². The fourth-order valence-corrected chi connectivity index (χ4v) is 3.60. The number of likely N-dealkylation sites (N-methyl/N-ethyl adjacent to an activating group) is 1. The summed E-state index contributed by atoms with van der Waals surface area (Å²) in [5, 5.41) is 12.6. The molecule has 1 fully saturated rings. The van der Waals surface area contributed by atoms with Crippen molar-refractivity contribution in [1.82, 2.24) is 20.0 Å². The van der Waals surface area contributed by atoms with Gasteiger partial charge in [-0.1, -0.05) is 39.8 Å². The SMILES string of the molecule is CC.CC(C)CC(NC(=O)c1ccccc1OCC(=O)N(C)C(C)(C)C)C(=O)N1CCC(O)C1.CC(C)N(C)C=O. The molecule has 2 unspecified atom stereocenters. The largest absolute Gasteiger partial charge is 0.483 e. The predicted octanol–water partition coefficient (Wildman–Crippen LogP) is 3.57. The number of hydrogen-bond acceptors (Lipinski definition) is 6. The summed E-state index contributed by atoms with van der Waals surface area (Å²) >= 11 is 0. The average molecular weight is 579 g/mol. The molecule has 0 saturated carbocycles. The van der Waals surface area contributed by atoms with Crippen LogP contribution in [0.4, 0.5) is 0 Å². The van der Waals surface area contributed by atoms with Gasteiger partial charge < -0.3 is 29.9 Å². The number of ether oxygens (including phenoxy) is 1. The quantitative estimate of drug-likeness (QED) is 0.410. The summed E-state index contributed by atoms with van der Waals surface area (Å²) in [5.74, 6) is -0.352. The van der Waals surface area contributed by atoms with Crippen LogP contribution in [0.5, 0.6) is 5.75 Å². The van der Waals surface area contributed by atoms with E-state index < -0.39 is 18.1 Å². The van der Waals surface area contributed by atoms with E-state index in [0.29, 0.717) is 25.4 Å². The zero-order valence-corrected chi connectivity index (χ0v) is 27.1. The molecule has 0 bridgehead atoms. The first-order valence-corrected chi connectivity index (χ1v) is 14.5. The fraction of sp³-hybridized carbons (Fsp3) is 0.677. The van der Waals surface area contributed by atoms with E-state index in [2.05, 4.69) is 5.32 Å². The summed E-state index contributed by atoms with van der Waals surface area (Å²) in [4.78, 5) is 53.2. The van der Waals surface area contributed by atoms with Gasteiger partial charge in [-0.15, -0.1) is 0 Å². The standard InChI is InChI=1S/C24H37N3O5.C5H11NO.C2H6/c1-16(2)13-19(23(31)27-12-11-17(28)14-27)25-22(30)18-9-7-8-10-20(18)32-15-21(29)26(6)24(3,4)5;1-5(2)6(3)4-7;1-2/h7-10,16-17,19,28H,11-15H2,1-6H3,(H,25,30);4-5H,1-3H3;1-2H3. The molecule has 0 aromatic heterocycles. The second-order valence-electron chi connectivity index (χ2n) is 11.7. The highest BCUT2D eigenvalue weighted by molar-refractivity contribution is 5.99. The molecule has 234 valence electrons. The second-order valence-corrected chi connectivity index (χ2v) is 11.7. The normalized spacial score (nSPS) is 15.2. The highest BCUT2D eigenvalue weighted by Crippen LogP contribution is 2.20. The summed E-state index contributed by atoms with van der Waals surface area (Å²) in [7, 11) is 3.47. The summed E-state index contributed by atoms with van der Waals surface area (Å²) in [5.41, 5.74) is -0.0769. The molecule has 1 aliphatic rings. The van der Waals surface area contributed by atoms with Crippen molar-refractivity contribution in [2.24, 2.45) is 5.92 Å². The Morgan fingerprint density at radius 2 is 1.71 bits per heavy atom. The molecule has 41 heavy (non-hydrogen) atoms. The number of carbonyl (C=O) groups excluding carboxylic acids is 4. The van der Waals surface area contributed by atoms with Crippen molar-refractivity contribution in [3.05, 3.63) is 29.8 Å². The van der Waals surface area contributed by atoms with Crippen LogP contribution in [0.15, 0.2) is 24.3 Å². The lowest BCUT2D eigenvalue weighted by Crippen LogP contribution is -2.48. The molecular formula is C31H54N4O6. The van der Waals surface area contributed by atoms with Crippen LogP contribution in [0.2, 0.25) is 0 Å². The first kappa shape index (κ1) is 37.9. The van der Waals surface area contributed by atoms with Gasteiger partial charge in [0.2, 0.25) is 12.3 Å². The Kier molecular flexibility index (Phi) is 16.9. The van der Waals surface area contributed by atoms with Crippen molar-refractivity contribution in [3.63, 3.8) is 0 Å². The number of nitrogens with one attached hydrogen (secondary N) is 1. The zero-order chi connectivity index (χ0) is 31.9. The van der Waals surface area contributed by atoms with Crippen molar-refractivity contribution < 1.29 is 29.0 Å². The van der Waals surface area contributed by atoms with E-state index in [1.54, 1.807) is 53.1 Å². The van der Waals surface area contributed by atoms with Crippen LogP contribution < -0.4 is 10.1 Å². The van der Waals surface area contributed by atoms with E-state index in [-0.39, 0.29) is 47.7 Å². The van der Waals surface area contributed by atoms with Gasteiger partial charge >= 0.3 is 0 Å². The van der Waals surface area contributed by atoms with Gasteiger partial charge in [0.05, 0.1) is 11.7 Å². The van der Waals surface area contributed by atoms with Crippen LogP contribution in [0, 0.1) is 5.92 Å². The van der Waals surface area contributed by atoms with Crippen molar-refractivity contribution in [2.75, 3.05) is 33.8 Å². The van der Waals surface area contributed by atoms with Gasteiger partial charge in [-0.25, -0.2) is 0 Å². The summed E-state index contributed by atoms with van der Waals surface area (Å²) in [6.07, 6.45) is 1.33. The van der Waals surface area contributed by atoms with Crippen LogP contribution in [-0.4, -0.2) is 101 Å². The topological polar surface area (TPSA) is 119 Å². The number of likely N-dealkylation sites (tertiary alicyclic amines) is 1. The predicted molar refractivity (Wildman–Crippen MR) is 163 cm³/mol. The van der Waals surface area contributed by atoms with Crippen molar-refractivity contribution in [1.29, 1.82) is 0 Å². The second kappa shape index (κ2) is 18.3. The van der Waals surface area contributed by atoms with Crippen LogP contribution >= 0.6 is 0 Å². The Bertz CT molecular complexity index is 960. The van der Waals surface area contributed by atoms with Gasteiger partial charge in [0.1, 0.15) is 11.8 Å². The van der Waals surface area contributed by atoms with Crippen molar-refractivity contribution in [2.45, 2.75) is 98.9 Å². The van der Waals surface area contributed by atoms with Gasteiger partial charge in [0.15, 0.2) is 6.61 Å². The molecule has 10 nitrogen and oxygen atoms in total. The van der Waals surface area contributed by atoms with Crippen LogP contribution in [0.25, 0.3) is 0 Å². The Balaban J connectivity index is 0.00000155. The highest BCUT2D eigenvalue weighted by atomic mass is 16.5.